The first-order valence-corrected chi connectivity index (χ1v) is 7.32. The van der Waals surface area contributed by atoms with Gasteiger partial charge in [0.05, 0.1) is 6.42 Å². The zero-order valence-corrected chi connectivity index (χ0v) is 12.3. The van der Waals surface area contributed by atoms with Crippen LogP contribution in [0, 0.1) is 6.92 Å². The van der Waals surface area contributed by atoms with Crippen molar-refractivity contribution in [2.24, 2.45) is 5.73 Å². The molecule has 0 aromatic heterocycles. The Morgan fingerprint density at radius 1 is 1.29 bits per heavy atom. The number of nitrogens with one attached hydrogen (secondary N) is 1. The molecule has 21 heavy (non-hydrogen) atoms. The van der Waals surface area contributed by atoms with Crippen LogP contribution >= 0.6 is 0 Å². The number of benzene rings is 1. The molecule has 5 nitrogen and oxygen atoms in total. The van der Waals surface area contributed by atoms with E-state index in [1.54, 1.807) is 12.1 Å². The lowest BCUT2D eigenvalue weighted by atomic mass is 9.79. The third kappa shape index (κ3) is 3.74. The number of anilines is 1. The quantitative estimate of drug-likeness (QED) is 0.777. The maximum absolute atomic E-state index is 11.3. The van der Waals surface area contributed by atoms with Crippen LogP contribution in [0.2, 0.25) is 0 Å². The van der Waals surface area contributed by atoms with Crippen LogP contribution in [0.15, 0.2) is 18.2 Å². The molecule has 1 fully saturated rings. The molecule has 0 unspecified atom stereocenters. The lowest BCUT2D eigenvalue weighted by molar-refractivity contribution is -0.138. The number of carbonyl (C=O) groups excluding carboxylic acids is 1. The number of primary amides is 1. The average Bonchev–Trinajstić information content (AvgIpc) is 2.38. The molecule has 1 amide bonds. The highest BCUT2D eigenvalue weighted by Crippen LogP contribution is 2.34. The van der Waals surface area contributed by atoms with Crippen LogP contribution in [0.1, 0.15) is 54.4 Å². The van der Waals surface area contributed by atoms with Crippen molar-refractivity contribution in [3.8, 4) is 0 Å². The fraction of sp³-hybridized carbons (Fsp3) is 0.500. The van der Waals surface area contributed by atoms with Gasteiger partial charge in [0, 0.05) is 16.8 Å². The van der Waals surface area contributed by atoms with Crippen LogP contribution in [-0.2, 0) is 4.79 Å². The van der Waals surface area contributed by atoms with E-state index in [0.29, 0.717) is 5.56 Å². The van der Waals surface area contributed by atoms with Crippen LogP contribution in [0.4, 0.5) is 5.69 Å². The van der Waals surface area contributed by atoms with Gasteiger partial charge >= 0.3 is 5.97 Å². The second-order valence-electron chi connectivity index (χ2n) is 5.93. The van der Waals surface area contributed by atoms with Gasteiger partial charge in [-0.3, -0.25) is 9.59 Å². The number of hydrogen-bond donors (Lipinski definition) is 3. The third-order valence-corrected chi connectivity index (χ3v) is 4.20. The van der Waals surface area contributed by atoms with Gasteiger partial charge in [0.25, 0.3) is 0 Å². The Morgan fingerprint density at radius 3 is 2.48 bits per heavy atom. The largest absolute Gasteiger partial charge is 0.481 e. The Balaban J connectivity index is 2.22. The summed E-state index contributed by atoms with van der Waals surface area (Å²) in [6.07, 6.45) is 5.06. The standard InChI is InChI=1S/C16H22N2O3/c1-11-9-12(5-6-13(11)15(17)21)18-16(10-14(19)20)7-3-2-4-8-16/h5-6,9,18H,2-4,7-8,10H2,1H3,(H2,17,21)(H,19,20). The topological polar surface area (TPSA) is 92.4 Å². The number of carboxylic acids is 1. The summed E-state index contributed by atoms with van der Waals surface area (Å²) < 4.78 is 0. The molecule has 1 aromatic carbocycles. The summed E-state index contributed by atoms with van der Waals surface area (Å²) in [5.74, 6) is -1.23. The van der Waals surface area contributed by atoms with Crippen LogP contribution in [0.25, 0.3) is 0 Å². The first-order valence-electron chi connectivity index (χ1n) is 7.32. The number of hydrogen-bond acceptors (Lipinski definition) is 3. The summed E-state index contributed by atoms with van der Waals surface area (Å²) in [7, 11) is 0. The highest BCUT2D eigenvalue weighted by atomic mass is 16.4. The number of aliphatic carboxylic acids is 1. The Morgan fingerprint density at radius 2 is 1.95 bits per heavy atom. The van der Waals surface area contributed by atoms with E-state index < -0.39 is 11.9 Å². The van der Waals surface area contributed by atoms with E-state index in [-0.39, 0.29) is 12.0 Å². The van der Waals surface area contributed by atoms with Gasteiger partial charge in [-0.15, -0.1) is 0 Å². The Labute approximate surface area is 124 Å². The summed E-state index contributed by atoms with van der Waals surface area (Å²) in [6.45, 7) is 1.83. The molecule has 0 saturated heterocycles. The number of nitrogens with two attached hydrogens (primary N) is 1. The highest BCUT2D eigenvalue weighted by Gasteiger charge is 2.34. The van der Waals surface area contributed by atoms with Crippen LogP contribution in [0.3, 0.4) is 0 Å². The molecular weight excluding hydrogens is 268 g/mol. The van der Waals surface area contributed by atoms with E-state index in [1.807, 2.05) is 13.0 Å². The zero-order valence-electron chi connectivity index (χ0n) is 12.3. The molecule has 1 aliphatic carbocycles. The molecule has 0 radical (unpaired) electrons. The second-order valence-corrected chi connectivity index (χ2v) is 5.93. The predicted octanol–water partition coefficient (Wildman–Crippen LogP) is 2.68. The Bertz CT molecular complexity index is 548. The van der Waals surface area contributed by atoms with E-state index >= 15 is 0 Å². The van der Waals surface area contributed by atoms with Crippen LogP contribution in [-0.4, -0.2) is 22.5 Å². The molecule has 5 heteroatoms. The van der Waals surface area contributed by atoms with Crippen molar-refractivity contribution in [2.75, 3.05) is 5.32 Å². The summed E-state index contributed by atoms with van der Waals surface area (Å²) >= 11 is 0. The number of amides is 1. The molecule has 0 bridgehead atoms. The van der Waals surface area contributed by atoms with Crippen LogP contribution < -0.4 is 11.1 Å². The Kier molecular flexibility index (Phi) is 4.50. The minimum Gasteiger partial charge on any atom is -0.481 e. The van der Waals surface area contributed by atoms with Crippen molar-refractivity contribution in [1.29, 1.82) is 0 Å². The first-order chi connectivity index (χ1) is 9.92. The summed E-state index contributed by atoms with van der Waals surface area (Å²) in [5.41, 5.74) is 7.06. The van der Waals surface area contributed by atoms with E-state index in [4.69, 9.17) is 5.73 Å². The minimum atomic E-state index is -0.783. The van der Waals surface area contributed by atoms with Gasteiger partial charge in [-0.25, -0.2) is 0 Å². The van der Waals surface area contributed by atoms with Gasteiger partial charge < -0.3 is 16.2 Å². The van der Waals surface area contributed by atoms with Crippen molar-refractivity contribution in [2.45, 2.75) is 51.0 Å². The van der Waals surface area contributed by atoms with Crippen molar-refractivity contribution >= 4 is 17.6 Å². The molecule has 0 heterocycles. The molecule has 4 N–H and O–H groups in total. The molecule has 114 valence electrons. The van der Waals surface area contributed by atoms with E-state index in [1.165, 1.54) is 0 Å². The average molecular weight is 290 g/mol. The van der Waals surface area contributed by atoms with E-state index in [0.717, 1.165) is 43.4 Å². The van der Waals surface area contributed by atoms with Gasteiger partial charge in [0.2, 0.25) is 5.91 Å². The monoisotopic (exact) mass is 290 g/mol. The van der Waals surface area contributed by atoms with E-state index in [2.05, 4.69) is 5.32 Å². The molecule has 0 atom stereocenters. The van der Waals surface area contributed by atoms with Gasteiger partial charge in [-0.1, -0.05) is 19.3 Å². The number of aryl methyl sites for hydroxylation is 1. The van der Waals surface area contributed by atoms with Gasteiger partial charge in [-0.2, -0.15) is 0 Å². The molecule has 1 saturated carbocycles. The second kappa shape index (κ2) is 6.16. The summed E-state index contributed by atoms with van der Waals surface area (Å²) in [5, 5.41) is 12.6. The maximum atomic E-state index is 11.3. The highest BCUT2D eigenvalue weighted by molar-refractivity contribution is 5.94. The molecule has 1 aromatic rings. The minimum absolute atomic E-state index is 0.115. The molecular formula is C16H22N2O3. The fourth-order valence-electron chi connectivity index (χ4n) is 3.19. The summed E-state index contributed by atoms with van der Waals surface area (Å²) in [6, 6.07) is 5.35. The molecule has 0 spiro atoms. The fourth-order valence-corrected chi connectivity index (χ4v) is 3.19. The lowest BCUT2D eigenvalue weighted by Gasteiger charge is -2.38. The van der Waals surface area contributed by atoms with Crippen LogP contribution in [0.5, 0.6) is 0 Å². The zero-order chi connectivity index (χ0) is 15.5. The summed E-state index contributed by atoms with van der Waals surface area (Å²) in [4.78, 5) is 22.4. The molecule has 2 rings (SSSR count). The number of carbonyl (C=O) groups is 2. The molecule has 1 aliphatic rings. The maximum Gasteiger partial charge on any atom is 0.305 e. The van der Waals surface area contributed by atoms with Gasteiger partial charge in [-0.05, 0) is 43.5 Å². The smallest absolute Gasteiger partial charge is 0.305 e. The Hall–Kier alpha value is -2.04. The van der Waals surface area contributed by atoms with Crippen molar-refractivity contribution < 1.29 is 14.7 Å². The number of carboxylic acid groups (broad SMARTS) is 1. The SMILES string of the molecule is Cc1cc(NC2(CC(=O)O)CCCCC2)ccc1C(N)=O. The molecule has 0 aliphatic heterocycles. The van der Waals surface area contributed by atoms with Crippen molar-refractivity contribution in [3.05, 3.63) is 29.3 Å². The third-order valence-electron chi connectivity index (χ3n) is 4.20. The first kappa shape index (κ1) is 15.4. The lowest BCUT2D eigenvalue weighted by Crippen LogP contribution is -2.42. The predicted molar refractivity (Wildman–Crippen MR) is 81.4 cm³/mol. The normalized spacial score (nSPS) is 17.2. The van der Waals surface area contributed by atoms with Gasteiger partial charge in [0.15, 0.2) is 0 Å². The number of rotatable bonds is 5. The van der Waals surface area contributed by atoms with Crippen molar-refractivity contribution in [1.82, 2.24) is 0 Å². The van der Waals surface area contributed by atoms with Crippen molar-refractivity contribution in [3.63, 3.8) is 0 Å². The van der Waals surface area contributed by atoms with Gasteiger partial charge in [0.1, 0.15) is 0 Å². The van der Waals surface area contributed by atoms with E-state index in [9.17, 15) is 14.7 Å².